The first-order chi connectivity index (χ1) is 30.7. The third-order valence-electron chi connectivity index (χ3n) is 12.7. The van der Waals surface area contributed by atoms with Crippen LogP contribution in [0.25, 0.3) is 0 Å². The van der Waals surface area contributed by atoms with Crippen molar-refractivity contribution in [3.8, 4) is 0 Å². The number of carbonyl (C=O) groups excluding carboxylic acids is 3. The Morgan fingerprint density at radius 3 is 1.16 bits per heavy atom. The van der Waals surface area contributed by atoms with Crippen LogP contribution in [-0.4, -0.2) is 59.2 Å². The fourth-order valence-corrected chi connectivity index (χ4v) is 9.27. The van der Waals surface area contributed by atoms with E-state index < -0.39 is 18.1 Å². The predicted molar refractivity (Wildman–Crippen MR) is 269 cm³/mol. The molecule has 0 aromatic rings. The van der Waals surface area contributed by atoms with Crippen LogP contribution in [0.4, 0.5) is 0 Å². The summed E-state index contributed by atoms with van der Waals surface area (Å²) in [6.45, 7) is 10.5. The average molecular weight is 910 g/mol. The molecule has 63 heavy (non-hydrogen) atoms. The smallest absolute Gasteiger partial charge is 0.327 e. The van der Waals surface area contributed by atoms with E-state index in [-0.39, 0.29) is 47.8 Å². The molecule has 0 bridgehead atoms. The Labute approximate surface area is 393 Å². The van der Waals surface area contributed by atoms with Crippen LogP contribution in [0.3, 0.4) is 0 Å². The minimum Gasteiger partial charge on any atom is -0.480 e. The summed E-state index contributed by atoms with van der Waals surface area (Å²) in [5, 5.41) is 12.6. The number of carboxylic acids is 1. The zero-order chi connectivity index (χ0) is 46.4. The SMILES string of the molecule is CCCCCCCCCCCCCCCC(=O)NC(CSCC(COC(=O)C(C)CCCCCCCCCCCCC)OC(=O)C(C)CCCCCCCCCCCCC)C(=O)O. The molecule has 1 amide bonds. The third kappa shape index (κ3) is 41.4. The van der Waals surface area contributed by atoms with Crippen molar-refractivity contribution in [1.29, 1.82) is 0 Å². The summed E-state index contributed by atoms with van der Waals surface area (Å²) in [6, 6.07) is -1.05. The first kappa shape index (κ1) is 61.2. The van der Waals surface area contributed by atoms with E-state index in [9.17, 15) is 24.3 Å². The Morgan fingerprint density at radius 1 is 0.460 bits per heavy atom. The van der Waals surface area contributed by atoms with Crippen LogP contribution in [0, 0.1) is 11.8 Å². The third-order valence-corrected chi connectivity index (χ3v) is 13.9. The summed E-state index contributed by atoms with van der Waals surface area (Å²) >= 11 is 1.30. The van der Waals surface area contributed by atoms with Crippen LogP contribution in [-0.2, 0) is 28.7 Å². The second-order valence-electron chi connectivity index (χ2n) is 19.1. The van der Waals surface area contributed by atoms with E-state index in [2.05, 4.69) is 26.1 Å². The molecule has 0 heterocycles. The van der Waals surface area contributed by atoms with Gasteiger partial charge in [0.25, 0.3) is 0 Å². The van der Waals surface area contributed by atoms with Gasteiger partial charge in [0.1, 0.15) is 18.8 Å². The molecule has 0 fully saturated rings. The van der Waals surface area contributed by atoms with Gasteiger partial charge in [-0.25, -0.2) is 4.79 Å². The van der Waals surface area contributed by atoms with Crippen LogP contribution in [0.15, 0.2) is 0 Å². The minimum atomic E-state index is -1.09. The zero-order valence-electron chi connectivity index (χ0n) is 42.1. The maximum absolute atomic E-state index is 13.3. The second-order valence-corrected chi connectivity index (χ2v) is 20.2. The summed E-state index contributed by atoms with van der Waals surface area (Å²) in [4.78, 5) is 51.2. The Hall–Kier alpha value is -1.77. The second kappa shape index (κ2) is 46.7. The van der Waals surface area contributed by atoms with E-state index >= 15 is 0 Å². The molecule has 0 aromatic heterocycles. The number of aliphatic carboxylic acids is 1. The van der Waals surface area contributed by atoms with Gasteiger partial charge in [0.2, 0.25) is 5.91 Å². The maximum Gasteiger partial charge on any atom is 0.327 e. The van der Waals surface area contributed by atoms with Crippen molar-refractivity contribution in [3.05, 3.63) is 0 Å². The number of rotatable bonds is 49. The van der Waals surface area contributed by atoms with Gasteiger partial charge in [-0.05, 0) is 19.3 Å². The highest BCUT2D eigenvalue weighted by molar-refractivity contribution is 7.99. The molecule has 9 heteroatoms. The molecule has 0 radical (unpaired) electrons. The number of nitrogens with one attached hydrogen (secondary N) is 1. The number of hydrogen-bond donors (Lipinski definition) is 2. The fraction of sp³-hybridized carbons (Fsp3) is 0.926. The molecule has 0 aliphatic carbocycles. The number of thioether (sulfide) groups is 1. The van der Waals surface area contributed by atoms with Gasteiger partial charge in [-0.15, -0.1) is 0 Å². The number of esters is 2. The van der Waals surface area contributed by atoms with E-state index in [4.69, 9.17) is 9.47 Å². The van der Waals surface area contributed by atoms with Gasteiger partial charge in [0, 0.05) is 17.9 Å². The van der Waals surface area contributed by atoms with Gasteiger partial charge in [-0.2, -0.15) is 11.8 Å². The van der Waals surface area contributed by atoms with Gasteiger partial charge in [0.15, 0.2) is 0 Å². The molecule has 2 N–H and O–H groups in total. The quantitative estimate of drug-likeness (QED) is 0.0458. The van der Waals surface area contributed by atoms with E-state index in [1.807, 2.05) is 13.8 Å². The largest absolute Gasteiger partial charge is 0.480 e. The molecular weight excluding hydrogens is 807 g/mol. The van der Waals surface area contributed by atoms with Crippen molar-refractivity contribution in [2.45, 2.75) is 291 Å². The molecule has 372 valence electrons. The number of hydrogen-bond acceptors (Lipinski definition) is 7. The number of amides is 1. The normalized spacial score (nSPS) is 13.3. The summed E-state index contributed by atoms with van der Waals surface area (Å²) < 4.78 is 11.7. The van der Waals surface area contributed by atoms with E-state index in [0.717, 1.165) is 57.8 Å². The van der Waals surface area contributed by atoms with Crippen LogP contribution >= 0.6 is 11.8 Å². The molecule has 0 saturated heterocycles. The summed E-state index contributed by atoms with van der Waals surface area (Å²) in [6.07, 6.45) is 44.6. The van der Waals surface area contributed by atoms with Crippen molar-refractivity contribution in [1.82, 2.24) is 5.32 Å². The van der Waals surface area contributed by atoms with Gasteiger partial charge in [-0.1, -0.05) is 253 Å². The number of unbranched alkanes of at least 4 members (excludes halogenated alkanes) is 32. The van der Waals surface area contributed by atoms with Crippen molar-refractivity contribution >= 4 is 35.6 Å². The van der Waals surface area contributed by atoms with Crippen LogP contribution < -0.4 is 5.32 Å². The molecule has 8 nitrogen and oxygen atoms in total. The van der Waals surface area contributed by atoms with Gasteiger partial charge in [0.05, 0.1) is 11.8 Å². The molecule has 0 aliphatic rings. The zero-order valence-corrected chi connectivity index (χ0v) is 42.9. The lowest BCUT2D eigenvalue weighted by Crippen LogP contribution is -2.43. The highest BCUT2D eigenvalue weighted by Crippen LogP contribution is 2.20. The molecule has 0 rings (SSSR count). The monoisotopic (exact) mass is 910 g/mol. The Bertz CT molecular complexity index is 1060. The Morgan fingerprint density at radius 2 is 0.794 bits per heavy atom. The van der Waals surface area contributed by atoms with E-state index in [1.54, 1.807) is 0 Å². The molecule has 4 atom stereocenters. The summed E-state index contributed by atoms with van der Waals surface area (Å²) in [7, 11) is 0. The molecule has 0 saturated carbocycles. The lowest BCUT2D eigenvalue weighted by Gasteiger charge is -2.22. The number of carbonyl (C=O) groups is 4. The van der Waals surface area contributed by atoms with Crippen molar-refractivity contribution in [2.24, 2.45) is 11.8 Å². The molecule has 0 spiro atoms. The maximum atomic E-state index is 13.3. The van der Waals surface area contributed by atoms with Crippen LogP contribution in [0.2, 0.25) is 0 Å². The van der Waals surface area contributed by atoms with E-state index in [0.29, 0.717) is 6.42 Å². The fourth-order valence-electron chi connectivity index (χ4n) is 8.24. The van der Waals surface area contributed by atoms with Crippen molar-refractivity contribution in [2.75, 3.05) is 18.1 Å². The summed E-state index contributed by atoms with van der Waals surface area (Å²) in [5.41, 5.74) is 0. The molecule has 0 aromatic carbocycles. The van der Waals surface area contributed by atoms with Crippen molar-refractivity contribution < 1.29 is 33.8 Å². The molecule has 0 aliphatic heterocycles. The number of carboxylic acid groups (broad SMARTS) is 1. The first-order valence-corrected chi connectivity index (χ1v) is 28.3. The Kier molecular flexibility index (Phi) is 45.4. The van der Waals surface area contributed by atoms with Crippen LogP contribution in [0.5, 0.6) is 0 Å². The highest BCUT2D eigenvalue weighted by Gasteiger charge is 2.25. The lowest BCUT2D eigenvalue weighted by atomic mass is 10.0. The predicted octanol–water partition coefficient (Wildman–Crippen LogP) is 15.9. The minimum absolute atomic E-state index is 0.0610. The number of ether oxygens (including phenoxy) is 2. The van der Waals surface area contributed by atoms with Gasteiger partial charge >= 0.3 is 17.9 Å². The highest BCUT2D eigenvalue weighted by atomic mass is 32.2. The van der Waals surface area contributed by atoms with Gasteiger partial charge in [-0.3, -0.25) is 14.4 Å². The van der Waals surface area contributed by atoms with Crippen molar-refractivity contribution in [3.63, 3.8) is 0 Å². The standard InChI is InChI=1S/C54H103NO7S/c1-6-9-12-15-18-21-24-25-28-31-34-37-40-43-51(56)55-50(52(57)58)46-63-45-49(62-54(60)48(5)42-39-36-33-30-27-23-20-17-14-11-8-3)44-61-53(59)47(4)41-38-35-32-29-26-22-19-16-13-10-7-2/h47-50H,6-46H2,1-5H3,(H,55,56)(H,57,58). The topological polar surface area (TPSA) is 119 Å². The molecule has 4 unspecified atom stereocenters. The lowest BCUT2D eigenvalue weighted by molar-refractivity contribution is -0.162. The summed E-state index contributed by atoms with van der Waals surface area (Å²) in [5.74, 6) is -2.04. The molecular formula is C54H103NO7S. The first-order valence-electron chi connectivity index (χ1n) is 27.1. The average Bonchev–Trinajstić information content (AvgIpc) is 3.27. The Balaban J connectivity index is 4.81. The van der Waals surface area contributed by atoms with Gasteiger partial charge < -0.3 is 19.9 Å². The van der Waals surface area contributed by atoms with Crippen LogP contribution in [0.1, 0.15) is 279 Å². The van der Waals surface area contributed by atoms with E-state index in [1.165, 1.54) is 192 Å².